The molecule has 1 amide bonds. The molecular formula is C14H14N6OS. The molecule has 0 saturated heterocycles. The summed E-state index contributed by atoms with van der Waals surface area (Å²) in [6, 6.07) is 7.93. The number of aromatic nitrogens is 3. The molecular weight excluding hydrogens is 300 g/mol. The van der Waals surface area contributed by atoms with Crippen LogP contribution in [0.1, 0.15) is 16.3 Å². The molecule has 7 nitrogen and oxygen atoms in total. The van der Waals surface area contributed by atoms with Crippen molar-refractivity contribution in [1.82, 2.24) is 20.6 Å². The summed E-state index contributed by atoms with van der Waals surface area (Å²) < 4.78 is 0. The summed E-state index contributed by atoms with van der Waals surface area (Å²) in [5, 5.41) is 13.4. The van der Waals surface area contributed by atoms with Crippen LogP contribution < -0.4 is 11.2 Å². The summed E-state index contributed by atoms with van der Waals surface area (Å²) in [5.74, 6) is -0.259. The Morgan fingerprint density at radius 3 is 3.05 bits per heavy atom. The molecule has 3 aromatic rings. The lowest BCUT2D eigenvalue weighted by Crippen LogP contribution is -2.19. The number of anilines is 1. The van der Waals surface area contributed by atoms with E-state index in [1.807, 2.05) is 31.2 Å². The van der Waals surface area contributed by atoms with Gasteiger partial charge >= 0.3 is 0 Å². The predicted molar refractivity (Wildman–Crippen MR) is 86.8 cm³/mol. The van der Waals surface area contributed by atoms with E-state index >= 15 is 0 Å². The van der Waals surface area contributed by atoms with Gasteiger partial charge < -0.3 is 10.7 Å². The Labute approximate surface area is 130 Å². The van der Waals surface area contributed by atoms with Gasteiger partial charge in [0.15, 0.2) is 0 Å². The average Bonchev–Trinajstić information content (AvgIpc) is 3.03. The molecule has 0 aliphatic carbocycles. The third-order valence-electron chi connectivity index (χ3n) is 3.12. The van der Waals surface area contributed by atoms with Crippen LogP contribution in [0.2, 0.25) is 0 Å². The smallest absolute Gasteiger partial charge is 0.247 e. The van der Waals surface area contributed by atoms with E-state index in [2.05, 4.69) is 25.7 Å². The van der Waals surface area contributed by atoms with Gasteiger partial charge in [-0.1, -0.05) is 29.5 Å². The number of carbonyl (C=O) groups excluding carboxylic acids is 1. The van der Waals surface area contributed by atoms with Crippen LogP contribution in [0.5, 0.6) is 0 Å². The van der Waals surface area contributed by atoms with Gasteiger partial charge in [0.25, 0.3) is 0 Å². The van der Waals surface area contributed by atoms with Crippen molar-refractivity contribution in [2.75, 3.05) is 5.73 Å². The molecule has 0 aliphatic rings. The van der Waals surface area contributed by atoms with Crippen LogP contribution in [0.25, 0.3) is 10.9 Å². The normalized spacial score (nSPS) is 11.3. The van der Waals surface area contributed by atoms with Gasteiger partial charge in [-0.25, -0.2) is 5.43 Å². The minimum atomic E-state index is -0.259. The van der Waals surface area contributed by atoms with E-state index in [-0.39, 0.29) is 12.3 Å². The van der Waals surface area contributed by atoms with Crippen LogP contribution in [0.15, 0.2) is 29.4 Å². The number of para-hydroxylation sites is 1. The van der Waals surface area contributed by atoms with Gasteiger partial charge in [-0.2, -0.15) is 5.10 Å². The van der Waals surface area contributed by atoms with Crippen LogP contribution in [-0.4, -0.2) is 27.3 Å². The van der Waals surface area contributed by atoms with Crippen LogP contribution in [0.3, 0.4) is 0 Å². The molecule has 112 valence electrons. The fourth-order valence-corrected chi connectivity index (χ4v) is 2.76. The number of aryl methyl sites for hydroxylation is 1. The van der Waals surface area contributed by atoms with E-state index in [0.29, 0.717) is 10.1 Å². The predicted octanol–water partition coefficient (Wildman–Crippen LogP) is 1.60. The summed E-state index contributed by atoms with van der Waals surface area (Å²) in [4.78, 5) is 15.0. The first-order valence-electron chi connectivity index (χ1n) is 6.60. The Hall–Kier alpha value is -2.74. The van der Waals surface area contributed by atoms with Crippen LogP contribution >= 0.6 is 11.3 Å². The van der Waals surface area contributed by atoms with Crippen LogP contribution in [0, 0.1) is 6.92 Å². The van der Waals surface area contributed by atoms with Crippen molar-refractivity contribution in [1.29, 1.82) is 0 Å². The maximum atomic E-state index is 11.8. The number of hydrogen-bond acceptors (Lipinski definition) is 6. The zero-order valence-electron chi connectivity index (χ0n) is 11.8. The number of hydrazone groups is 1. The van der Waals surface area contributed by atoms with Gasteiger partial charge in [-0.15, -0.1) is 10.2 Å². The highest BCUT2D eigenvalue weighted by Crippen LogP contribution is 2.19. The number of aromatic amines is 1. The van der Waals surface area contributed by atoms with Gasteiger partial charge in [0, 0.05) is 22.2 Å². The molecule has 0 saturated carbocycles. The van der Waals surface area contributed by atoms with Crippen molar-refractivity contribution in [3.8, 4) is 0 Å². The zero-order valence-corrected chi connectivity index (χ0v) is 12.6. The molecule has 2 aromatic heterocycles. The second-order valence-corrected chi connectivity index (χ2v) is 5.81. The van der Waals surface area contributed by atoms with E-state index in [1.165, 1.54) is 11.3 Å². The summed E-state index contributed by atoms with van der Waals surface area (Å²) in [6.07, 6.45) is 1.75. The van der Waals surface area contributed by atoms with E-state index in [9.17, 15) is 4.79 Å². The standard InChI is InChI=1S/C14H14N6OS/c1-8-10(9-4-2-3-5-11(9)17-8)7-16-18-12(21)6-13-19-20-14(15)22-13/h2-5,7,17H,6H2,1H3,(H2,15,20)(H,18,21). The molecule has 22 heavy (non-hydrogen) atoms. The quantitative estimate of drug-likeness (QED) is 0.502. The van der Waals surface area contributed by atoms with Crippen molar-refractivity contribution in [3.63, 3.8) is 0 Å². The Morgan fingerprint density at radius 1 is 1.45 bits per heavy atom. The van der Waals surface area contributed by atoms with Crippen molar-refractivity contribution in [2.24, 2.45) is 5.10 Å². The number of nitrogens with zero attached hydrogens (tertiary/aromatic N) is 3. The van der Waals surface area contributed by atoms with Gasteiger partial charge in [0.2, 0.25) is 11.0 Å². The van der Waals surface area contributed by atoms with Crippen molar-refractivity contribution in [2.45, 2.75) is 13.3 Å². The van der Waals surface area contributed by atoms with Gasteiger partial charge in [0.1, 0.15) is 5.01 Å². The number of nitrogens with one attached hydrogen (secondary N) is 2. The van der Waals surface area contributed by atoms with Crippen molar-refractivity contribution in [3.05, 3.63) is 40.5 Å². The number of benzene rings is 1. The summed E-state index contributed by atoms with van der Waals surface area (Å²) >= 11 is 1.19. The first kappa shape index (κ1) is 14.2. The first-order chi connectivity index (χ1) is 10.6. The minimum Gasteiger partial charge on any atom is -0.374 e. The second kappa shape index (κ2) is 5.94. The molecule has 0 spiro atoms. The van der Waals surface area contributed by atoms with Crippen molar-refractivity contribution < 1.29 is 4.79 Å². The van der Waals surface area contributed by atoms with E-state index in [4.69, 9.17) is 5.73 Å². The zero-order chi connectivity index (χ0) is 15.5. The number of nitrogens with two attached hydrogens (primary N) is 1. The third kappa shape index (κ3) is 2.96. The van der Waals surface area contributed by atoms with Crippen molar-refractivity contribution >= 4 is 39.5 Å². The molecule has 0 fully saturated rings. The number of rotatable bonds is 4. The number of H-pyrrole nitrogens is 1. The SMILES string of the molecule is Cc1[nH]c2ccccc2c1C=NNC(=O)Cc1nnc(N)s1. The number of fused-ring (bicyclic) bond motifs is 1. The molecule has 8 heteroatoms. The Bertz CT molecular complexity index is 850. The molecule has 1 aromatic carbocycles. The number of amides is 1. The highest BCUT2D eigenvalue weighted by Gasteiger charge is 2.08. The van der Waals surface area contributed by atoms with Crippen LogP contribution in [0.4, 0.5) is 5.13 Å². The monoisotopic (exact) mass is 314 g/mol. The maximum absolute atomic E-state index is 11.8. The lowest BCUT2D eigenvalue weighted by molar-refractivity contribution is -0.120. The third-order valence-corrected chi connectivity index (χ3v) is 3.87. The lowest BCUT2D eigenvalue weighted by Gasteiger charge is -1.96. The minimum absolute atomic E-state index is 0.110. The Morgan fingerprint density at radius 2 is 2.27 bits per heavy atom. The number of hydrogen-bond donors (Lipinski definition) is 3. The molecule has 0 radical (unpaired) electrons. The summed E-state index contributed by atoms with van der Waals surface area (Å²) in [6.45, 7) is 1.97. The lowest BCUT2D eigenvalue weighted by atomic mass is 10.1. The van der Waals surface area contributed by atoms with E-state index in [1.54, 1.807) is 6.21 Å². The fourth-order valence-electron chi connectivity index (χ4n) is 2.15. The second-order valence-electron chi connectivity index (χ2n) is 4.71. The molecule has 2 heterocycles. The Balaban J connectivity index is 1.68. The molecule has 4 N–H and O–H groups in total. The fraction of sp³-hybridized carbons (Fsp3) is 0.143. The molecule has 0 atom stereocenters. The van der Waals surface area contributed by atoms with Gasteiger partial charge in [0.05, 0.1) is 12.6 Å². The molecule has 0 aliphatic heterocycles. The van der Waals surface area contributed by atoms with Crippen LogP contribution in [-0.2, 0) is 11.2 Å². The summed E-state index contributed by atoms with van der Waals surface area (Å²) in [7, 11) is 0. The largest absolute Gasteiger partial charge is 0.374 e. The molecule has 0 unspecified atom stereocenters. The molecule has 3 rings (SSSR count). The first-order valence-corrected chi connectivity index (χ1v) is 7.42. The average molecular weight is 314 g/mol. The highest BCUT2D eigenvalue weighted by molar-refractivity contribution is 7.15. The molecule has 0 bridgehead atoms. The summed E-state index contributed by atoms with van der Waals surface area (Å²) in [5.41, 5.74) is 10.9. The van der Waals surface area contributed by atoms with E-state index < -0.39 is 0 Å². The van der Waals surface area contributed by atoms with E-state index in [0.717, 1.165) is 22.2 Å². The topological polar surface area (TPSA) is 109 Å². The number of nitrogen functional groups attached to an aromatic ring is 1. The maximum Gasteiger partial charge on any atom is 0.247 e. The van der Waals surface area contributed by atoms with Gasteiger partial charge in [-0.3, -0.25) is 4.79 Å². The number of carbonyl (C=O) groups is 1. The highest BCUT2D eigenvalue weighted by atomic mass is 32.1. The Kier molecular flexibility index (Phi) is 3.84. The van der Waals surface area contributed by atoms with Gasteiger partial charge in [-0.05, 0) is 13.0 Å².